The average Bonchev–Trinajstić information content (AvgIpc) is 2.86. The molecule has 1 rings (SSSR count). The molecule has 35 heavy (non-hydrogen) atoms. The third-order valence-corrected chi connectivity index (χ3v) is 6.80. The number of anilines is 1. The van der Waals surface area contributed by atoms with Crippen molar-refractivity contribution in [3.8, 4) is 0 Å². The third kappa shape index (κ3) is 15.6. The SMILES string of the molecule is CCCCCCC(O)CN(CC(O)CCCCCC)N(CC(O)CCCCCC)c1ccccc1. The highest BCUT2D eigenvalue weighted by atomic mass is 16.3. The summed E-state index contributed by atoms with van der Waals surface area (Å²) in [4.78, 5) is 0. The van der Waals surface area contributed by atoms with Crippen LogP contribution in [0.1, 0.15) is 117 Å². The molecule has 3 atom stereocenters. The summed E-state index contributed by atoms with van der Waals surface area (Å²) in [5, 5.41) is 36.9. The molecule has 3 unspecified atom stereocenters. The van der Waals surface area contributed by atoms with Crippen molar-refractivity contribution in [3.05, 3.63) is 30.3 Å². The van der Waals surface area contributed by atoms with E-state index in [0.717, 1.165) is 63.5 Å². The fraction of sp³-hybridized carbons (Fsp3) is 0.800. The average molecular weight is 493 g/mol. The van der Waals surface area contributed by atoms with Gasteiger partial charge in [-0.05, 0) is 31.4 Å². The number of hydrazine groups is 1. The summed E-state index contributed by atoms with van der Waals surface area (Å²) in [6.45, 7) is 8.01. The molecule has 1 aromatic carbocycles. The second-order valence-corrected chi connectivity index (χ2v) is 10.3. The molecule has 0 spiro atoms. The van der Waals surface area contributed by atoms with Crippen LogP contribution in [0.15, 0.2) is 30.3 Å². The van der Waals surface area contributed by atoms with Crippen molar-refractivity contribution in [1.82, 2.24) is 5.01 Å². The van der Waals surface area contributed by atoms with Gasteiger partial charge in [0.15, 0.2) is 0 Å². The summed E-state index contributed by atoms with van der Waals surface area (Å²) in [5.41, 5.74) is 0.997. The first kappa shape index (κ1) is 31.9. The number of benzene rings is 1. The molecule has 204 valence electrons. The molecule has 0 aliphatic rings. The number of hydrogen-bond donors (Lipinski definition) is 3. The van der Waals surface area contributed by atoms with Crippen LogP contribution in [0.2, 0.25) is 0 Å². The summed E-state index contributed by atoms with van der Waals surface area (Å²) in [5.74, 6) is 0. The van der Waals surface area contributed by atoms with Gasteiger partial charge in [-0.2, -0.15) is 0 Å². The van der Waals surface area contributed by atoms with Crippen LogP contribution in [0.4, 0.5) is 5.69 Å². The van der Waals surface area contributed by atoms with Gasteiger partial charge in [-0.15, -0.1) is 0 Å². The molecule has 0 saturated heterocycles. The number of nitrogens with zero attached hydrogens (tertiary/aromatic N) is 2. The Morgan fingerprint density at radius 3 is 1.34 bits per heavy atom. The van der Waals surface area contributed by atoms with Crippen LogP contribution in [0.3, 0.4) is 0 Å². The van der Waals surface area contributed by atoms with E-state index in [0.29, 0.717) is 19.6 Å². The van der Waals surface area contributed by atoms with Gasteiger partial charge in [0.2, 0.25) is 0 Å². The first-order valence-electron chi connectivity index (χ1n) is 14.6. The Kier molecular flexibility index (Phi) is 19.1. The lowest BCUT2D eigenvalue weighted by molar-refractivity contribution is 0.0447. The zero-order valence-corrected chi connectivity index (χ0v) is 23.1. The normalized spacial score (nSPS) is 14.3. The van der Waals surface area contributed by atoms with Gasteiger partial charge in [0.1, 0.15) is 0 Å². The minimum Gasteiger partial charge on any atom is -0.392 e. The van der Waals surface area contributed by atoms with Crippen LogP contribution >= 0.6 is 0 Å². The van der Waals surface area contributed by atoms with Crippen molar-refractivity contribution in [2.24, 2.45) is 0 Å². The van der Waals surface area contributed by atoms with Gasteiger partial charge in [-0.1, -0.05) is 116 Å². The van der Waals surface area contributed by atoms with E-state index < -0.39 is 18.3 Å². The van der Waals surface area contributed by atoms with E-state index >= 15 is 0 Å². The Balaban J connectivity index is 2.92. The van der Waals surface area contributed by atoms with E-state index in [4.69, 9.17) is 0 Å². The van der Waals surface area contributed by atoms with Gasteiger partial charge in [-0.25, -0.2) is 5.01 Å². The highest BCUT2D eigenvalue weighted by Crippen LogP contribution is 2.21. The van der Waals surface area contributed by atoms with Gasteiger partial charge in [0.05, 0.1) is 30.5 Å². The third-order valence-electron chi connectivity index (χ3n) is 6.80. The Hall–Kier alpha value is -1.14. The molecule has 0 fully saturated rings. The van der Waals surface area contributed by atoms with Crippen LogP contribution < -0.4 is 5.01 Å². The molecule has 0 aliphatic heterocycles. The Labute approximate surface area is 216 Å². The van der Waals surface area contributed by atoms with Gasteiger partial charge < -0.3 is 20.3 Å². The zero-order chi connectivity index (χ0) is 25.7. The number of aliphatic hydroxyl groups is 3. The van der Waals surface area contributed by atoms with Crippen LogP contribution in [-0.2, 0) is 0 Å². The fourth-order valence-electron chi connectivity index (χ4n) is 4.64. The second kappa shape index (κ2) is 21.0. The van der Waals surface area contributed by atoms with Gasteiger partial charge in [0, 0.05) is 13.1 Å². The van der Waals surface area contributed by atoms with Gasteiger partial charge in [0.25, 0.3) is 0 Å². The number of para-hydroxylation sites is 1. The molecule has 0 saturated carbocycles. The summed E-state index contributed by atoms with van der Waals surface area (Å²) in [7, 11) is 0. The van der Waals surface area contributed by atoms with E-state index in [-0.39, 0.29) is 0 Å². The Morgan fingerprint density at radius 2 is 0.943 bits per heavy atom. The standard InChI is InChI=1S/C30H56N2O3/c1-4-7-10-16-21-28(33)24-31(25-29(34)22-17-11-8-5-2)32(27-19-14-13-15-20-27)26-30(35)23-18-12-9-6-3/h13-15,19-20,28-30,33-35H,4-12,16-18,21-26H2,1-3H3. The first-order chi connectivity index (χ1) is 17.0. The highest BCUT2D eigenvalue weighted by molar-refractivity contribution is 5.45. The maximum Gasteiger partial charge on any atom is 0.0731 e. The molecule has 0 aliphatic carbocycles. The molecule has 3 N–H and O–H groups in total. The van der Waals surface area contributed by atoms with E-state index in [2.05, 4.69) is 42.9 Å². The number of hydrogen-bond acceptors (Lipinski definition) is 5. The molecule has 0 aromatic heterocycles. The number of unbranched alkanes of at least 4 members (excludes halogenated alkanes) is 9. The molecule has 1 aromatic rings. The largest absolute Gasteiger partial charge is 0.392 e. The summed E-state index contributed by atoms with van der Waals surface area (Å²) in [6, 6.07) is 10.1. The molecular formula is C30H56N2O3. The molecule has 0 bridgehead atoms. The van der Waals surface area contributed by atoms with Crippen LogP contribution in [0.25, 0.3) is 0 Å². The topological polar surface area (TPSA) is 67.2 Å². The maximum atomic E-state index is 10.9. The highest BCUT2D eigenvalue weighted by Gasteiger charge is 2.24. The Bertz CT molecular complexity index is 566. The molecule has 5 nitrogen and oxygen atoms in total. The summed E-state index contributed by atoms with van der Waals surface area (Å²) in [6.07, 6.45) is 14.6. The number of rotatable bonds is 23. The van der Waals surface area contributed by atoms with Crippen molar-refractivity contribution in [3.63, 3.8) is 0 Å². The van der Waals surface area contributed by atoms with E-state index in [1.54, 1.807) is 0 Å². The predicted octanol–water partition coefficient (Wildman–Crippen LogP) is 6.70. The van der Waals surface area contributed by atoms with E-state index in [1.807, 2.05) is 18.2 Å². The van der Waals surface area contributed by atoms with Crippen LogP contribution in [0, 0.1) is 0 Å². The quantitative estimate of drug-likeness (QED) is 0.117. The van der Waals surface area contributed by atoms with Crippen LogP contribution in [0.5, 0.6) is 0 Å². The number of aliphatic hydroxyl groups excluding tert-OH is 3. The smallest absolute Gasteiger partial charge is 0.0731 e. The van der Waals surface area contributed by atoms with E-state index in [9.17, 15) is 15.3 Å². The summed E-state index contributed by atoms with van der Waals surface area (Å²) >= 11 is 0. The van der Waals surface area contributed by atoms with Crippen molar-refractivity contribution >= 4 is 5.69 Å². The lowest BCUT2D eigenvalue weighted by atomic mass is 10.1. The van der Waals surface area contributed by atoms with Crippen molar-refractivity contribution in [2.45, 2.75) is 135 Å². The molecule has 0 heterocycles. The van der Waals surface area contributed by atoms with E-state index in [1.165, 1.54) is 38.5 Å². The fourth-order valence-corrected chi connectivity index (χ4v) is 4.64. The summed E-state index contributed by atoms with van der Waals surface area (Å²) < 4.78 is 0. The predicted molar refractivity (Wildman–Crippen MR) is 150 cm³/mol. The lowest BCUT2D eigenvalue weighted by Crippen LogP contribution is -2.52. The van der Waals surface area contributed by atoms with Crippen molar-refractivity contribution < 1.29 is 15.3 Å². The molecule has 0 amide bonds. The monoisotopic (exact) mass is 492 g/mol. The van der Waals surface area contributed by atoms with Crippen molar-refractivity contribution in [1.29, 1.82) is 0 Å². The molecule has 5 heteroatoms. The maximum absolute atomic E-state index is 10.9. The first-order valence-corrected chi connectivity index (χ1v) is 14.6. The second-order valence-electron chi connectivity index (χ2n) is 10.3. The van der Waals surface area contributed by atoms with Crippen LogP contribution in [-0.4, -0.2) is 58.3 Å². The molecule has 0 radical (unpaired) electrons. The Morgan fingerprint density at radius 1 is 0.543 bits per heavy atom. The molecular weight excluding hydrogens is 436 g/mol. The minimum atomic E-state index is -0.452. The zero-order valence-electron chi connectivity index (χ0n) is 23.1. The van der Waals surface area contributed by atoms with Crippen molar-refractivity contribution in [2.75, 3.05) is 24.6 Å². The lowest BCUT2D eigenvalue weighted by Gasteiger charge is -2.40. The van der Waals surface area contributed by atoms with Gasteiger partial charge >= 0.3 is 0 Å². The van der Waals surface area contributed by atoms with Gasteiger partial charge in [-0.3, -0.25) is 0 Å². The minimum absolute atomic E-state index is 0.446.